The van der Waals surface area contributed by atoms with Crippen LogP contribution in [-0.2, 0) is 4.74 Å². The SMILES string of the molecule is C[C@@H]1CCCC[C@@H]1OCCNC(=O)NC[C@H](O)c1cccs1. The number of carbonyl (C=O) groups is 1. The number of hydrogen-bond acceptors (Lipinski definition) is 4. The first-order chi connectivity index (χ1) is 10.7. The summed E-state index contributed by atoms with van der Waals surface area (Å²) in [5, 5.41) is 17.2. The third kappa shape index (κ3) is 5.59. The van der Waals surface area contributed by atoms with Gasteiger partial charge in [-0.2, -0.15) is 0 Å². The number of aliphatic hydroxyl groups is 1. The van der Waals surface area contributed by atoms with Crippen molar-refractivity contribution >= 4 is 17.4 Å². The van der Waals surface area contributed by atoms with Crippen LogP contribution in [0.1, 0.15) is 43.6 Å². The van der Waals surface area contributed by atoms with Gasteiger partial charge in [0.15, 0.2) is 0 Å². The molecule has 0 aliphatic heterocycles. The van der Waals surface area contributed by atoms with E-state index in [4.69, 9.17) is 4.74 Å². The van der Waals surface area contributed by atoms with E-state index in [1.807, 2.05) is 17.5 Å². The van der Waals surface area contributed by atoms with Crippen LogP contribution in [0.2, 0.25) is 0 Å². The van der Waals surface area contributed by atoms with Gasteiger partial charge in [-0.05, 0) is 30.2 Å². The average molecular weight is 326 g/mol. The van der Waals surface area contributed by atoms with Crippen LogP contribution in [0.5, 0.6) is 0 Å². The van der Waals surface area contributed by atoms with Gasteiger partial charge in [0, 0.05) is 11.4 Å². The van der Waals surface area contributed by atoms with Crippen LogP contribution in [0.3, 0.4) is 0 Å². The van der Waals surface area contributed by atoms with Gasteiger partial charge in [-0.15, -0.1) is 11.3 Å². The quantitative estimate of drug-likeness (QED) is 0.675. The molecule has 1 aromatic heterocycles. The Balaban J connectivity index is 1.54. The lowest BCUT2D eigenvalue weighted by molar-refractivity contribution is -0.00244. The van der Waals surface area contributed by atoms with Crippen molar-refractivity contribution in [2.75, 3.05) is 19.7 Å². The number of urea groups is 1. The van der Waals surface area contributed by atoms with E-state index >= 15 is 0 Å². The zero-order chi connectivity index (χ0) is 15.8. The maximum Gasteiger partial charge on any atom is 0.314 e. The first-order valence-corrected chi connectivity index (χ1v) is 8.89. The summed E-state index contributed by atoms with van der Waals surface area (Å²) < 4.78 is 5.84. The van der Waals surface area contributed by atoms with Crippen molar-refractivity contribution in [3.63, 3.8) is 0 Å². The maximum absolute atomic E-state index is 11.6. The highest BCUT2D eigenvalue weighted by Gasteiger charge is 2.21. The molecule has 1 saturated carbocycles. The molecular weight excluding hydrogens is 300 g/mol. The average Bonchev–Trinajstić information content (AvgIpc) is 3.05. The third-order valence-electron chi connectivity index (χ3n) is 4.08. The molecule has 0 aromatic carbocycles. The van der Waals surface area contributed by atoms with Gasteiger partial charge in [-0.25, -0.2) is 4.79 Å². The molecule has 0 spiro atoms. The molecule has 2 amide bonds. The first kappa shape index (κ1) is 17.2. The van der Waals surface area contributed by atoms with Crippen LogP contribution in [0.15, 0.2) is 17.5 Å². The minimum Gasteiger partial charge on any atom is -0.386 e. The number of thiophene rings is 1. The van der Waals surface area contributed by atoms with Gasteiger partial charge in [-0.3, -0.25) is 0 Å². The summed E-state index contributed by atoms with van der Waals surface area (Å²) in [6.45, 7) is 3.48. The highest BCUT2D eigenvalue weighted by Crippen LogP contribution is 2.25. The largest absolute Gasteiger partial charge is 0.386 e. The number of carbonyl (C=O) groups excluding carboxylic acids is 1. The number of amides is 2. The molecule has 2 rings (SSSR count). The standard InChI is InChI=1S/C16H26N2O3S/c1-12-5-2-3-6-14(12)21-9-8-17-16(20)18-11-13(19)15-7-4-10-22-15/h4,7,10,12-14,19H,2-3,5-6,8-9,11H2,1H3,(H2,17,18,20)/t12-,13+,14+/m1/s1. The zero-order valence-electron chi connectivity index (χ0n) is 13.1. The van der Waals surface area contributed by atoms with Crippen LogP contribution in [-0.4, -0.2) is 36.9 Å². The Hall–Kier alpha value is -1.11. The lowest BCUT2D eigenvalue weighted by atomic mass is 9.88. The van der Waals surface area contributed by atoms with E-state index in [-0.39, 0.29) is 12.6 Å². The smallest absolute Gasteiger partial charge is 0.314 e. The van der Waals surface area contributed by atoms with Gasteiger partial charge in [0.25, 0.3) is 0 Å². The van der Waals surface area contributed by atoms with Crippen LogP contribution in [0, 0.1) is 5.92 Å². The monoisotopic (exact) mass is 326 g/mol. The Morgan fingerprint density at radius 3 is 3.00 bits per heavy atom. The van der Waals surface area contributed by atoms with E-state index in [0.717, 1.165) is 11.3 Å². The molecule has 1 aliphatic rings. The fraction of sp³-hybridized carbons (Fsp3) is 0.688. The molecule has 124 valence electrons. The predicted octanol–water partition coefficient (Wildman–Crippen LogP) is 2.68. The molecule has 1 heterocycles. The molecule has 3 atom stereocenters. The van der Waals surface area contributed by atoms with Crippen LogP contribution >= 0.6 is 11.3 Å². The highest BCUT2D eigenvalue weighted by molar-refractivity contribution is 7.10. The van der Waals surface area contributed by atoms with Gasteiger partial charge in [0.1, 0.15) is 6.10 Å². The lowest BCUT2D eigenvalue weighted by Crippen LogP contribution is -2.40. The van der Waals surface area contributed by atoms with Crippen molar-refractivity contribution in [1.29, 1.82) is 0 Å². The number of aliphatic hydroxyl groups excluding tert-OH is 1. The minimum atomic E-state index is -0.648. The van der Waals surface area contributed by atoms with Gasteiger partial charge < -0.3 is 20.5 Å². The Bertz CT molecular complexity index is 439. The Kier molecular flexibility index (Phi) is 7.15. The fourth-order valence-electron chi connectivity index (χ4n) is 2.74. The summed E-state index contributed by atoms with van der Waals surface area (Å²) >= 11 is 1.48. The molecule has 0 unspecified atom stereocenters. The van der Waals surface area contributed by atoms with Crippen molar-refractivity contribution in [3.8, 4) is 0 Å². The third-order valence-corrected chi connectivity index (χ3v) is 5.05. The zero-order valence-corrected chi connectivity index (χ0v) is 13.9. The van der Waals surface area contributed by atoms with E-state index in [0.29, 0.717) is 25.2 Å². The van der Waals surface area contributed by atoms with Crippen LogP contribution < -0.4 is 10.6 Å². The summed E-state index contributed by atoms with van der Waals surface area (Å²) in [5.41, 5.74) is 0. The van der Waals surface area contributed by atoms with Gasteiger partial charge >= 0.3 is 6.03 Å². The van der Waals surface area contributed by atoms with Crippen molar-refractivity contribution in [3.05, 3.63) is 22.4 Å². The van der Waals surface area contributed by atoms with Crippen molar-refractivity contribution in [2.24, 2.45) is 5.92 Å². The summed E-state index contributed by atoms with van der Waals surface area (Å²) in [6, 6.07) is 3.47. The molecule has 5 nitrogen and oxygen atoms in total. The molecule has 1 aliphatic carbocycles. The van der Waals surface area contributed by atoms with E-state index in [1.54, 1.807) is 0 Å². The molecule has 0 bridgehead atoms. The second-order valence-electron chi connectivity index (χ2n) is 5.84. The fourth-order valence-corrected chi connectivity index (χ4v) is 3.45. The molecular formula is C16H26N2O3S. The maximum atomic E-state index is 11.6. The number of nitrogens with one attached hydrogen (secondary N) is 2. The number of rotatable bonds is 7. The molecule has 0 radical (unpaired) electrons. The molecule has 6 heteroatoms. The van der Waals surface area contributed by atoms with Gasteiger partial charge in [0.2, 0.25) is 0 Å². The van der Waals surface area contributed by atoms with E-state index in [1.165, 1.54) is 30.6 Å². The first-order valence-electron chi connectivity index (χ1n) is 8.01. The molecule has 0 saturated heterocycles. The summed E-state index contributed by atoms with van der Waals surface area (Å²) in [7, 11) is 0. The van der Waals surface area contributed by atoms with Crippen LogP contribution in [0.25, 0.3) is 0 Å². The van der Waals surface area contributed by atoms with Gasteiger partial charge in [0.05, 0.1) is 19.3 Å². The second kappa shape index (κ2) is 9.12. The van der Waals surface area contributed by atoms with Crippen molar-refractivity contribution in [2.45, 2.75) is 44.8 Å². The van der Waals surface area contributed by atoms with E-state index in [9.17, 15) is 9.90 Å². The molecule has 1 fully saturated rings. The van der Waals surface area contributed by atoms with Crippen molar-refractivity contribution < 1.29 is 14.6 Å². The highest BCUT2D eigenvalue weighted by atomic mass is 32.1. The van der Waals surface area contributed by atoms with Gasteiger partial charge in [-0.1, -0.05) is 25.8 Å². The molecule has 3 N–H and O–H groups in total. The Labute approximate surface area is 136 Å². The van der Waals surface area contributed by atoms with E-state index in [2.05, 4.69) is 17.6 Å². The van der Waals surface area contributed by atoms with Crippen LogP contribution in [0.4, 0.5) is 4.79 Å². The molecule has 22 heavy (non-hydrogen) atoms. The molecule has 1 aromatic rings. The summed E-state index contributed by atoms with van der Waals surface area (Å²) in [6.07, 6.45) is 4.58. The normalized spacial score (nSPS) is 23.0. The predicted molar refractivity (Wildman–Crippen MR) is 88.1 cm³/mol. The lowest BCUT2D eigenvalue weighted by Gasteiger charge is -2.28. The summed E-state index contributed by atoms with van der Waals surface area (Å²) in [5.74, 6) is 0.614. The summed E-state index contributed by atoms with van der Waals surface area (Å²) in [4.78, 5) is 12.5. The Morgan fingerprint density at radius 2 is 2.27 bits per heavy atom. The second-order valence-corrected chi connectivity index (χ2v) is 6.82. The topological polar surface area (TPSA) is 70.6 Å². The minimum absolute atomic E-state index is 0.215. The Morgan fingerprint density at radius 1 is 1.45 bits per heavy atom. The van der Waals surface area contributed by atoms with Crippen molar-refractivity contribution in [1.82, 2.24) is 10.6 Å². The van der Waals surface area contributed by atoms with E-state index < -0.39 is 6.10 Å². The number of hydrogen-bond donors (Lipinski definition) is 3. The number of ether oxygens (including phenoxy) is 1.